The van der Waals surface area contributed by atoms with E-state index in [9.17, 15) is 4.79 Å². The predicted molar refractivity (Wildman–Crippen MR) is 68.5 cm³/mol. The first-order chi connectivity index (χ1) is 7.99. The summed E-state index contributed by atoms with van der Waals surface area (Å²) in [6, 6.07) is 3.83. The molecule has 0 saturated carbocycles. The van der Waals surface area contributed by atoms with Gasteiger partial charge in [0.1, 0.15) is 0 Å². The van der Waals surface area contributed by atoms with Crippen molar-refractivity contribution in [3.05, 3.63) is 24.0 Å². The Labute approximate surface area is 102 Å². The first-order valence-electron chi connectivity index (χ1n) is 5.62. The Hall–Kier alpha value is -1.62. The summed E-state index contributed by atoms with van der Waals surface area (Å²) < 4.78 is 0. The fourth-order valence-electron chi connectivity index (χ4n) is 1.21. The first kappa shape index (κ1) is 13.4. The van der Waals surface area contributed by atoms with Crippen molar-refractivity contribution in [2.24, 2.45) is 0 Å². The van der Waals surface area contributed by atoms with Crippen LogP contribution in [0.1, 0.15) is 12.6 Å². The third kappa shape index (κ3) is 4.82. The molecule has 0 radical (unpaired) electrons. The minimum Gasteiger partial charge on any atom is -0.397 e. The van der Waals surface area contributed by atoms with Gasteiger partial charge in [-0.3, -0.25) is 9.78 Å². The Morgan fingerprint density at radius 3 is 2.76 bits per heavy atom. The largest absolute Gasteiger partial charge is 0.397 e. The van der Waals surface area contributed by atoms with Crippen LogP contribution in [0.4, 0.5) is 5.69 Å². The SMILES string of the molecule is CC(CNC(=O)Cc1ccc(N)cn1)N(C)C. The average Bonchev–Trinajstić information content (AvgIpc) is 2.29. The number of carbonyl (C=O) groups is 1. The number of nitrogens with zero attached hydrogens (tertiary/aromatic N) is 2. The number of likely N-dealkylation sites (N-methyl/N-ethyl adjacent to an activating group) is 1. The Balaban J connectivity index is 2.37. The number of nitrogens with two attached hydrogens (primary N) is 1. The van der Waals surface area contributed by atoms with Crippen LogP contribution in [0, 0.1) is 0 Å². The minimum absolute atomic E-state index is 0.0176. The number of rotatable bonds is 5. The van der Waals surface area contributed by atoms with Crippen LogP contribution in [0.3, 0.4) is 0 Å². The summed E-state index contributed by atoms with van der Waals surface area (Å²) in [6.07, 6.45) is 1.85. The molecule has 0 saturated heterocycles. The third-order valence-electron chi connectivity index (χ3n) is 2.67. The quantitative estimate of drug-likeness (QED) is 0.770. The predicted octanol–water partition coefficient (Wildman–Crippen LogP) is 0.273. The van der Waals surface area contributed by atoms with Gasteiger partial charge >= 0.3 is 0 Å². The van der Waals surface area contributed by atoms with Crippen molar-refractivity contribution >= 4 is 11.6 Å². The van der Waals surface area contributed by atoms with Crippen LogP contribution in [-0.2, 0) is 11.2 Å². The molecule has 0 fully saturated rings. The van der Waals surface area contributed by atoms with Crippen LogP contribution in [0.5, 0.6) is 0 Å². The fourth-order valence-corrected chi connectivity index (χ4v) is 1.21. The number of pyridine rings is 1. The van der Waals surface area contributed by atoms with Gasteiger partial charge in [-0.1, -0.05) is 0 Å². The lowest BCUT2D eigenvalue weighted by Crippen LogP contribution is -2.38. The molecule has 94 valence electrons. The smallest absolute Gasteiger partial charge is 0.226 e. The lowest BCUT2D eigenvalue weighted by atomic mass is 10.2. The number of nitrogens with one attached hydrogen (secondary N) is 1. The van der Waals surface area contributed by atoms with Crippen LogP contribution < -0.4 is 11.1 Å². The van der Waals surface area contributed by atoms with Crippen LogP contribution in [0.2, 0.25) is 0 Å². The fraction of sp³-hybridized carbons (Fsp3) is 0.500. The Morgan fingerprint density at radius 1 is 1.53 bits per heavy atom. The van der Waals surface area contributed by atoms with E-state index in [4.69, 9.17) is 5.73 Å². The highest BCUT2D eigenvalue weighted by Gasteiger charge is 2.08. The van der Waals surface area contributed by atoms with Crippen molar-refractivity contribution in [2.45, 2.75) is 19.4 Å². The zero-order chi connectivity index (χ0) is 12.8. The van der Waals surface area contributed by atoms with Crippen molar-refractivity contribution in [2.75, 3.05) is 26.4 Å². The number of hydrogen-bond acceptors (Lipinski definition) is 4. The van der Waals surface area contributed by atoms with Gasteiger partial charge < -0.3 is 16.0 Å². The van der Waals surface area contributed by atoms with Crippen LogP contribution in [0.15, 0.2) is 18.3 Å². The molecule has 0 aliphatic carbocycles. The Kier molecular flexibility index (Phi) is 4.90. The minimum atomic E-state index is -0.0176. The standard InChI is InChI=1S/C12H20N4O/c1-9(16(2)3)7-15-12(17)6-11-5-4-10(13)8-14-11/h4-5,8-9H,6-7,13H2,1-3H3,(H,15,17). The molecule has 1 amide bonds. The molecule has 0 bridgehead atoms. The molecule has 1 rings (SSSR count). The monoisotopic (exact) mass is 236 g/mol. The molecule has 3 N–H and O–H groups in total. The number of anilines is 1. The highest BCUT2D eigenvalue weighted by molar-refractivity contribution is 5.78. The summed E-state index contributed by atoms with van der Waals surface area (Å²) in [5.41, 5.74) is 6.86. The van der Waals surface area contributed by atoms with Gasteiger partial charge in [0.05, 0.1) is 18.3 Å². The Morgan fingerprint density at radius 2 is 2.24 bits per heavy atom. The van der Waals surface area contributed by atoms with E-state index in [1.54, 1.807) is 18.3 Å². The molecule has 1 aromatic rings. The van der Waals surface area contributed by atoms with Crippen molar-refractivity contribution in [1.29, 1.82) is 0 Å². The average molecular weight is 236 g/mol. The number of nitrogen functional groups attached to an aromatic ring is 1. The van der Waals surface area contributed by atoms with Gasteiger partial charge in [-0.2, -0.15) is 0 Å². The molecule has 5 nitrogen and oxygen atoms in total. The summed E-state index contributed by atoms with van der Waals surface area (Å²) in [6.45, 7) is 2.70. The second kappa shape index (κ2) is 6.20. The lowest BCUT2D eigenvalue weighted by molar-refractivity contribution is -0.120. The molecule has 0 spiro atoms. The van der Waals surface area contributed by atoms with Gasteiger partial charge in [0, 0.05) is 18.3 Å². The van der Waals surface area contributed by atoms with Crippen molar-refractivity contribution in [1.82, 2.24) is 15.2 Å². The molecule has 17 heavy (non-hydrogen) atoms. The molecule has 1 aromatic heterocycles. The van der Waals surface area contributed by atoms with Crippen LogP contribution >= 0.6 is 0 Å². The van der Waals surface area contributed by atoms with E-state index in [1.165, 1.54) is 0 Å². The zero-order valence-corrected chi connectivity index (χ0v) is 10.6. The van der Waals surface area contributed by atoms with Gasteiger partial charge in [0.25, 0.3) is 0 Å². The van der Waals surface area contributed by atoms with Gasteiger partial charge in [-0.15, -0.1) is 0 Å². The van der Waals surface area contributed by atoms with E-state index in [-0.39, 0.29) is 5.91 Å². The number of carbonyl (C=O) groups excluding carboxylic acids is 1. The Bertz CT molecular complexity index is 361. The van der Waals surface area contributed by atoms with Gasteiger partial charge in [0.15, 0.2) is 0 Å². The highest BCUT2D eigenvalue weighted by Crippen LogP contribution is 2.01. The summed E-state index contributed by atoms with van der Waals surface area (Å²) in [5.74, 6) is -0.0176. The maximum absolute atomic E-state index is 11.6. The van der Waals surface area contributed by atoms with E-state index in [0.29, 0.717) is 24.7 Å². The van der Waals surface area contributed by atoms with Gasteiger partial charge in [-0.25, -0.2) is 0 Å². The second-order valence-electron chi connectivity index (χ2n) is 4.38. The van der Waals surface area contributed by atoms with Crippen LogP contribution in [-0.4, -0.2) is 42.5 Å². The van der Waals surface area contributed by atoms with E-state index in [0.717, 1.165) is 5.69 Å². The molecule has 0 aliphatic heterocycles. The molecule has 1 atom stereocenters. The van der Waals surface area contributed by atoms with Crippen molar-refractivity contribution < 1.29 is 4.79 Å². The topological polar surface area (TPSA) is 71.2 Å². The molecule has 1 unspecified atom stereocenters. The summed E-state index contributed by atoms with van der Waals surface area (Å²) in [4.78, 5) is 17.8. The molecule has 0 aliphatic rings. The van der Waals surface area contributed by atoms with E-state index < -0.39 is 0 Å². The van der Waals surface area contributed by atoms with E-state index >= 15 is 0 Å². The summed E-state index contributed by atoms with van der Waals surface area (Å²) in [5, 5.41) is 2.88. The van der Waals surface area contributed by atoms with E-state index in [2.05, 4.69) is 22.1 Å². The maximum atomic E-state index is 11.6. The molecular weight excluding hydrogens is 216 g/mol. The van der Waals surface area contributed by atoms with E-state index in [1.807, 2.05) is 14.1 Å². The third-order valence-corrected chi connectivity index (χ3v) is 2.67. The molecular formula is C12H20N4O. The molecule has 1 heterocycles. The van der Waals surface area contributed by atoms with Crippen molar-refractivity contribution in [3.63, 3.8) is 0 Å². The zero-order valence-electron chi connectivity index (χ0n) is 10.6. The van der Waals surface area contributed by atoms with Gasteiger partial charge in [0.2, 0.25) is 5.91 Å². The molecule has 0 aromatic carbocycles. The highest BCUT2D eigenvalue weighted by atomic mass is 16.1. The van der Waals surface area contributed by atoms with Gasteiger partial charge in [-0.05, 0) is 33.2 Å². The normalized spacial score (nSPS) is 12.5. The summed E-state index contributed by atoms with van der Waals surface area (Å²) in [7, 11) is 3.97. The second-order valence-corrected chi connectivity index (χ2v) is 4.38. The maximum Gasteiger partial charge on any atom is 0.226 e. The number of hydrogen-bond donors (Lipinski definition) is 2. The lowest BCUT2D eigenvalue weighted by Gasteiger charge is -2.19. The number of amides is 1. The number of aromatic nitrogens is 1. The van der Waals surface area contributed by atoms with Crippen LogP contribution in [0.25, 0.3) is 0 Å². The summed E-state index contributed by atoms with van der Waals surface area (Å²) >= 11 is 0. The first-order valence-corrected chi connectivity index (χ1v) is 5.62. The van der Waals surface area contributed by atoms with Crippen molar-refractivity contribution in [3.8, 4) is 0 Å². The molecule has 5 heteroatoms.